The van der Waals surface area contributed by atoms with Gasteiger partial charge < -0.3 is 14.7 Å². The van der Waals surface area contributed by atoms with Gasteiger partial charge in [-0.05, 0) is 26.0 Å². The van der Waals surface area contributed by atoms with Gasteiger partial charge in [0, 0.05) is 18.8 Å². The van der Waals surface area contributed by atoms with Gasteiger partial charge in [-0.1, -0.05) is 6.07 Å². The summed E-state index contributed by atoms with van der Waals surface area (Å²) < 4.78 is 5.03. The van der Waals surface area contributed by atoms with Crippen molar-refractivity contribution in [3.05, 3.63) is 24.3 Å². The molecule has 1 aromatic carbocycles. The van der Waals surface area contributed by atoms with Crippen molar-refractivity contribution in [3.63, 3.8) is 0 Å². The van der Waals surface area contributed by atoms with Gasteiger partial charge in [0.25, 0.3) is 0 Å². The van der Waals surface area contributed by atoms with E-state index < -0.39 is 0 Å². The molecule has 1 N–H and O–H groups in total. The van der Waals surface area contributed by atoms with Crippen LogP contribution in [-0.2, 0) is 9.53 Å². The van der Waals surface area contributed by atoms with Gasteiger partial charge in [-0.3, -0.25) is 4.79 Å². The van der Waals surface area contributed by atoms with E-state index in [1.807, 2.05) is 19.9 Å². The molecule has 4 nitrogen and oxygen atoms in total. The lowest BCUT2D eigenvalue weighted by molar-refractivity contribution is -0.145. The largest absolute Gasteiger partial charge is 0.508 e. The fourth-order valence-corrected chi connectivity index (χ4v) is 1.32. The van der Waals surface area contributed by atoms with E-state index >= 15 is 0 Å². The average molecular weight is 223 g/mol. The Morgan fingerprint density at radius 3 is 2.75 bits per heavy atom. The second kappa shape index (κ2) is 5.39. The maximum atomic E-state index is 11.4. The molecule has 0 saturated carbocycles. The number of likely N-dealkylation sites (N-methyl/N-ethyl adjacent to an activating group) is 1. The Hall–Kier alpha value is -1.71. The summed E-state index contributed by atoms with van der Waals surface area (Å²) in [6.45, 7) is 3.79. The monoisotopic (exact) mass is 223 g/mol. The molecular formula is C12H17NO3. The Balaban J connectivity index is 2.58. The van der Waals surface area contributed by atoms with Crippen molar-refractivity contribution in [1.29, 1.82) is 0 Å². The van der Waals surface area contributed by atoms with Crippen LogP contribution in [0.1, 0.15) is 13.8 Å². The van der Waals surface area contributed by atoms with Crippen LogP contribution in [0.15, 0.2) is 24.3 Å². The molecule has 0 saturated heterocycles. The van der Waals surface area contributed by atoms with Gasteiger partial charge in [0.2, 0.25) is 0 Å². The van der Waals surface area contributed by atoms with Gasteiger partial charge in [-0.2, -0.15) is 0 Å². The molecule has 0 heterocycles. The lowest BCUT2D eigenvalue weighted by Gasteiger charge is -2.19. The van der Waals surface area contributed by atoms with Crippen molar-refractivity contribution < 1.29 is 14.6 Å². The molecule has 0 aliphatic heterocycles. The number of rotatable bonds is 4. The fourth-order valence-electron chi connectivity index (χ4n) is 1.32. The highest BCUT2D eigenvalue weighted by atomic mass is 16.5. The van der Waals surface area contributed by atoms with Crippen LogP contribution in [0.3, 0.4) is 0 Å². The van der Waals surface area contributed by atoms with Gasteiger partial charge in [0.15, 0.2) is 0 Å². The van der Waals surface area contributed by atoms with Gasteiger partial charge >= 0.3 is 5.97 Å². The number of phenolic OH excluding ortho intramolecular Hbond substituents is 1. The molecule has 0 aliphatic rings. The van der Waals surface area contributed by atoms with Gasteiger partial charge in [-0.25, -0.2) is 0 Å². The number of phenols is 1. The lowest BCUT2D eigenvalue weighted by Crippen LogP contribution is -2.28. The minimum absolute atomic E-state index is 0.106. The zero-order valence-corrected chi connectivity index (χ0v) is 9.80. The smallest absolute Gasteiger partial charge is 0.325 e. The number of aromatic hydroxyl groups is 1. The van der Waals surface area contributed by atoms with Crippen LogP contribution >= 0.6 is 0 Å². The Bertz CT molecular complexity index is 363. The summed E-state index contributed by atoms with van der Waals surface area (Å²) in [7, 11) is 1.77. The van der Waals surface area contributed by atoms with Crippen LogP contribution in [0.5, 0.6) is 5.75 Å². The molecular weight excluding hydrogens is 206 g/mol. The van der Waals surface area contributed by atoms with Crippen LogP contribution in [-0.4, -0.2) is 30.8 Å². The number of carbonyl (C=O) groups is 1. The molecule has 0 atom stereocenters. The third-order valence-electron chi connectivity index (χ3n) is 2.00. The average Bonchev–Trinajstić information content (AvgIpc) is 2.16. The zero-order chi connectivity index (χ0) is 12.1. The molecule has 0 bridgehead atoms. The van der Waals surface area contributed by atoms with Gasteiger partial charge in [-0.15, -0.1) is 0 Å². The molecule has 0 amide bonds. The SMILES string of the molecule is CC(C)OC(=O)CN(C)c1cccc(O)c1. The predicted molar refractivity (Wildman–Crippen MR) is 62.6 cm³/mol. The number of nitrogens with zero attached hydrogens (tertiary/aromatic N) is 1. The third kappa shape index (κ3) is 3.81. The molecule has 0 aromatic heterocycles. The van der Waals surface area contributed by atoms with Crippen molar-refractivity contribution in [1.82, 2.24) is 0 Å². The molecule has 0 spiro atoms. The summed E-state index contributed by atoms with van der Waals surface area (Å²) in [5, 5.41) is 9.30. The van der Waals surface area contributed by atoms with E-state index in [4.69, 9.17) is 4.74 Å². The first-order valence-electron chi connectivity index (χ1n) is 5.18. The summed E-state index contributed by atoms with van der Waals surface area (Å²) in [5.41, 5.74) is 0.778. The molecule has 0 aliphatic carbocycles. The minimum Gasteiger partial charge on any atom is -0.508 e. The molecule has 4 heteroatoms. The van der Waals surface area contributed by atoms with E-state index in [1.165, 1.54) is 0 Å². The standard InChI is InChI=1S/C12H17NO3/c1-9(2)16-12(15)8-13(3)10-5-4-6-11(14)7-10/h4-7,9,14H,8H2,1-3H3. The van der Waals surface area contributed by atoms with Crippen molar-refractivity contribution in [2.24, 2.45) is 0 Å². The zero-order valence-electron chi connectivity index (χ0n) is 9.80. The fraction of sp³-hybridized carbons (Fsp3) is 0.417. The van der Waals surface area contributed by atoms with Crippen molar-refractivity contribution in [2.45, 2.75) is 20.0 Å². The number of esters is 1. The van der Waals surface area contributed by atoms with E-state index in [1.54, 1.807) is 30.1 Å². The van der Waals surface area contributed by atoms with Crippen LogP contribution in [0, 0.1) is 0 Å². The molecule has 88 valence electrons. The minimum atomic E-state index is -0.277. The quantitative estimate of drug-likeness (QED) is 0.790. The number of ether oxygens (including phenoxy) is 1. The Morgan fingerprint density at radius 1 is 1.50 bits per heavy atom. The second-order valence-corrected chi connectivity index (χ2v) is 3.91. The lowest BCUT2D eigenvalue weighted by atomic mass is 10.3. The topological polar surface area (TPSA) is 49.8 Å². The number of benzene rings is 1. The molecule has 0 fully saturated rings. The Morgan fingerprint density at radius 2 is 2.19 bits per heavy atom. The van der Waals surface area contributed by atoms with Gasteiger partial charge in [0.05, 0.1) is 6.10 Å². The predicted octanol–water partition coefficient (Wildman–Crippen LogP) is 1.78. The van der Waals surface area contributed by atoms with Gasteiger partial charge in [0.1, 0.15) is 12.3 Å². The third-order valence-corrected chi connectivity index (χ3v) is 2.00. The maximum absolute atomic E-state index is 11.4. The van der Waals surface area contributed by atoms with E-state index in [0.717, 1.165) is 5.69 Å². The summed E-state index contributed by atoms with van der Waals surface area (Å²) in [4.78, 5) is 13.1. The van der Waals surface area contributed by atoms with E-state index in [-0.39, 0.29) is 24.4 Å². The summed E-state index contributed by atoms with van der Waals surface area (Å²) >= 11 is 0. The number of carbonyl (C=O) groups excluding carboxylic acids is 1. The summed E-state index contributed by atoms with van der Waals surface area (Å²) in [6.07, 6.45) is -0.106. The highest BCUT2D eigenvalue weighted by Gasteiger charge is 2.10. The van der Waals surface area contributed by atoms with Crippen molar-refractivity contribution >= 4 is 11.7 Å². The maximum Gasteiger partial charge on any atom is 0.325 e. The number of hydrogen-bond acceptors (Lipinski definition) is 4. The Kier molecular flexibility index (Phi) is 4.17. The van der Waals surface area contributed by atoms with Crippen LogP contribution < -0.4 is 4.90 Å². The van der Waals surface area contributed by atoms with Crippen LogP contribution in [0.2, 0.25) is 0 Å². The molecule has 1 rings (SSSR count). The number of hydrogen-bond donors (Lipinski definition) is 1. The van der Waals surface area contributed by atoms with E-state index in [2.05, 4.69) is 0 Å². The van der Waals surface area contributed by atoms with Crippen LogP contribution in [0.4, 0.5) is 5.69 Å². The second-order valence-electron chi connectivity index (χ2n) is 3.91. The molecule has 0 radical (unpaired) electrons. The Labute approximate surface area is 95.5 Å². The first-order valence-corrected chi connectivity index (χ1v) is 5.18. The molecule has 0 unspecified atom stereocenters. The highest BCUT2D eigenvalue weighted by molar-refractivity contribution is 5.75. The van der Waals surface area contributed by atoms with E-state index in [0.29, 0.717) is 0 Å². The molecule has 1 aromatic rings. The van der Waals surface area contributed by atoms with Crippen molar-refractivity contribution in [3.8, 4) is 5.75 Å². The molecule has 16 heavy (non-hydrogen) atoms. The first kappa shape index (κ1) is 12.4. The number of anilines is 1. The normalized spacial score (nSPS) is 10.2. The summed E-state index contributed by atoms with van der Waals surface area (Å²) in [5.74, 6) is -0.0950. The van der Waals surface area contributed by atoms with E-state index in [9.17, 15) is 9.90 Å². The highest BCUT2D eigenvalue weighted by Crippen LogP contribution is 2.18. The first-order chi connectivity index (χ1) is 7.49. The van der Waals surface area contributed by atoms with Crippen LogP contribution in [0.25, 0.3) is 0 Å². The van der Waals surface area contributed by atoms with Crippen molar-refractivity contribution in [2.75, 3.05) is 18.5 Å². The summed E-state index contributed by atoms with van der Waals surface area (Å²) in [6, 6.07) is 6.74.